The Morgan fingerprint density at radius 1 is 1.07 bits per heavy atom. The van der Waals surface area contributed by atoms with Crippen molar-refractivity contribution in [3.8, 4) is 17.2 Å². The SMILES string of the molecule is CCCCCN1CC[C@@H](c2ccc(F)cc2)[C@@H](COc2ccc3c(c2)OCO3)C1. The lowest BCUT2D eigenvalue weighted by Crippen LogP contribution is -2.42. The van der Waals surface area contributed by atoms with Crippen LogP contribution in [0.2, 0.25) is 0 Å². The number of halogens is 1. The number of piperidine rings is 1. The van der Waals surface area contributed by atoms with Gasteiger partial charge in [-0.05, 0) is 61.7 Å². The van der Waals surface area contributed by atoms with Crippen molar-refractivity contribution in [2.45, 2.75) is 38.5 Å². The first kappa shape index (κ1) is 20.0. The molecule has 2 heterocycles. The topological polar surface area (TPSA) is 30.9 Å². The molecule has 2 aliphatic rings. The molecule has 0 amide bonds. The van der Waals surface area contributed by atoms with Crippen LogP contribution in [0.25, 0.3) is 0 Å². The van der Waals surface area contributed by atoms with E-state index in [4.69, 9.17) is 14.2 Å². The number of benzene rings is 2. The highest BCUT2D eigenvalue weighted by molar-refractivity contribution is 5.46. The molecular weight excluding hydrogens is 369 g/mol. The van der Waals surface area contributed by atoms with Gasteiger partial charge in [-0.2, -0.15) is 0 Å². The number of hydrogen-bond donors (Lipinski definition) is 0. The molecule has 29 heavy (non-hydrogen) atoms. The van der Waals surface area contributed by atoms with Crippen molar-refractivity contribution in [3.63, 3.8) is 0 Å². The van der Waals surface area contributed by atoms with E-state index >= 15 is 0 Å². The summed E-state index contributed by atoms with van der Waals surface area (Å²) >= 11 is 0. The van der Waals surface area contributed by atoms with Gasteiger partial charge in [0.05, 0.1) is 6.61 Å². The highest BCUT2D eigenvalue weighted by Crippen LogP contribution is 2.37. The van der Waals surface area contributed by atoms with Gasteiger partial charge in [0.15, 0.2) is 11.5 Å². The fourth-order valence-electron chi connectivity index (χ4n) is 4.38. The molecule has 0 radical (unpaired) electrons. The highest BCUT2D eigenvalue weighted by Gasteiger charge is 2.31. The van der Waals surface area contributed by atoms with Crippen molar-refractivity contribution < 1.29 is 18.6 Å². The quantitative estimate of drug-likeness (QED) is 0.569. The zero-order valence-corrected chi connectivity index (χ0v) is 17.1. The van der Waals surface area contributed by atoms with Gasteiger partial charge in [-0.25, -0.2) is 4.39 Å². The van der Waals surface area contributed by atoms with Crippen LogP contribution in [0.15, 0.2) is 42.5 Å². The molecule has 2 aromatic rings. The molecule has 1 saturated heterocycles. The molecule has 2 aliphatic heterocycles. The Labute approximate surface area is 172 Å². The number of fused-ring (bicyclic) bond motifs is 1. The normalized spacial score (nSPS) is 21.3. The molecule has 0 saturated carbocycles. The summed E-state index contributed by atoms with van der Waals surface area (Å²) in [6, 6.07) is 12.7. The van der Waals surface area contributed by atoms with Crippen LogP contribution < -0.4 is 14.2 Å². The molecular formula is C24H30FNO3. The summed E-state index contributed by atoms with van der Waals surface area (Å²) in [5.74, 6) is 2.87. The Hall–Kier alpha value is -2.27. The van der Waals surface area contributed by atoms with E-state index in [0.717, 1.165) is 43.3 Å². The average Bonchev–Trinajstić information content (AvgIpc) is 3.21. The van der Waals surface area contributed by atoms with Gasteiger partial charge in [0.25, 0.3) is 0 Å². The summed E-state index contributed by atoms with van der Waals surface area (Å²) < 4.78 is 30.4. The van der Waals surface area contributed by atoms with E-state index in [0.29, 0.717) is 18.4 Å². The predicted octanol–water partition coefficient (Wildman–Crippen LogP) is 5.23. The van der Waals surface area contributed by atoms with Crippen molar-refractivity contribution >= 4 is 0 Å². The number of hydrogen-bond acceptors (Lipinski definition) is 4. The van der Waals surface area contributed by atoms with Crippen molar-refractivity contribution in [1.82, 2.24) is 4.90 Å². The second-order valence-electron chi connectivity index (χ2n) is 8.04. The van der Waals surface area contributed by atoms with E-state index in [1.54, 1.807) is 12.1 Å². The van der Waals surface area contributed by atoms with Gasteiger partial charge in [-0.1, -0.05) is 31.9 Å². The third-order valence-corrected chi connectivity index (χ3v) is 6.00. The van der Waals surface area contributed by atoms with Crippen LogP contribution in [0, 0.1) is 11.7 Å². The number of nitrogens with zero attached hydrogens (tertiary/aromatic N) is 1. The molecule has 4 nitrogen and oxygen atoms in total. The molecule has 2 aromatic carbocycles. The lowest BCUT2D eigenvalue weighted by atomic mass is 9.80. The minimum Gasteiger partial charge on any atom is -0.493 e. The summed E-state index contributed by atoms with van der Waals surface area (Å²) in [6.45, 7) is 6.38. The summed E-state index contributed by atoms with van der Waals surface area (Å²) in [5.41, 5.74) is 1.21. The zero-order valence-electron chi connectivity index (χ0n) is 17.1. The zero-order chi connectivity index (χ0) is 20.1. The molecule has 0 aliphatic carbocycles. The first-order valence-electron chi connectivity index (χ1n) is 10.7. The molecule has 0 bridgehead atoms. The largest absolute Gasteiger partial charge is 0.493 e. The van der Waals surface area contributed by atoms with E-state index < -0.39 is 0 Å². The number of unbranched alkanes of at least 4 members (excludes halogenated alkanes) is 2. The minimum atomic E-state index is -0.182. The van der Waals surface area contributed by atoms with Gasteiger partial charge in [0.2, 0.25) is 6.79 Å². The van der Waals surface area contributed by atoms with Crippen molar-refractivity contribution in [2.75, 3.05) is 33.0 Å². The number of likely N-dealkylation sites (tertiary alicyclic amines) is 1. The Balaban J connectivity index is 1.44. The lowest BCUT2D eigenvalue weighted by Gasteiger charge is -2.39. The van der Waals surface area contributed by atoms with Gasteiger partial charge < -0.3 is 19.1 Å². The minimum absolute atomic E-state index is 0.182. The van der Waals surface area contributed by atoms with Crippen molar-refractivity contribution in [3.05, 3.63) is 53.8 Å². The van der Waals surface area contributed by atoms with Crippen LogP contribution in [0.1, 0.15) is 44.1 Å². The molecule has 0 spiro atoms. The maximum atomic E-state index is 13.4. The summed E-state index contributed by atoms with van der Waals surface area (Å²) in [6.07, 6.45) is 4.83. The molecule has 0 aromatic heterocycles. The van der Waals surface area contributed by atoms with E-state index in [1.165, 1.54) is 24.8 Å². The molecule has 1 fully saturated rings. The second-order valence-corrected chi connectivity index (χ2v) is 8.04. The highest BCUT2D eigenvalue weighted by atomic mass is 19.1. The van der Waals surface area contributed by atoms with E-state index in [2.05, 4.69) is 11.8 Å². The maximum absolute atomic E-state index is 13.4. The van der Waals surface area contributed by atoms with Crippen molar-refractivity contribution in [1.29, 1.82) is 0 Å². The standard InChI is InChI=1S/C24H30FNO3/c1-2-3-4-12-26-13-11-22(18-5-7-20(25)8-6-18)19(15-26)16-27-21-9-10-23-24(14-21)29-17-28-23/h5-10,14,19,22H,2-4,11-13,15-17H2,1H3/t19-,22+/m1/s1. The molecule has 0 N–H and O–H groups in total. The Morgan fingerprint density at radius 3 is 2.72 bits per heavy atom. The predicted molar refractivity (Wildman–Crippen MR) is 111 cm³/mol. The van der Waals surface area contributed by atoms with Gasteiger partial charge in [-0.3, -0.25) is 0 Å². The lowest BCUT2D eigenvalue weighted by molar-refractivity contribution is 0.109. The molecule has 0 unspecified atom stereocenters. The van der Waals surface area contributed by atoms with E-state index in [-0.39, 0.29) is 12.6 Å². The van der Waals surface area contributed by atoms with E-state index in [9.17, 15) is 4.39 Å². The monoisotopic (exact) mass is 399 g/mol. The number of rotatable bonds is 8. The summed E-state index contributed by atoms with van der Waals surface area (Å²) in [7, 11) is 0. The number of ether oxygens (including phenoxy) is 3. The van der Waals surface area contributed by atoms with Crippen LogP contribution in [0.3, 0.4) is 0 Å². The van der Waals surface area contributed by atoms with Crippen LogP contribution in [0.5, 0.6) is 17.2 Å². The van der Waals surface area contributed by atoms with Crippen LogP contribution in [-0.2, 0) is 0 Å². The van der Waals surface area contributed by atoms with Crippen LogP contribution >= 0.6 is 0 Å². The van der Waals surface area contributed by atoms with Crippen LogP contribution in [0.4, 0.5) is 4.39 Å². The Bertz CT molecular complexity index is 795. The maximum Gasteiger partial charge on any atom is 0.231 e. The smallest absolute Gasteiger partial charge is 0.231 e. The molecule has 4 rings (SSSR count). The summed E-state index contributed by atoms with van der Waals surface area (Å²) in [5, 5.41) is 0. The van der Waals surface area contributed by atoms with Gasteiger partial charge >= 0.3 is 0 Å². The third kappa shape index (κ3) is 5.02. The average molecular weight is 400 g/mol. The van der Waals surface area contributed by atoms with E-state index in [1.807, 2.05) is 30.3 Å². The fraction of sp³-hybridized carbons (Fsp3) is 0.500. The molecule has 156 valence electrons. The summed E-state index contributed by atoms with van der Waals surface area (Å²) in [4.78, 5) is 2.56. The molecule has 5 heteroatoms. The van der Waals surface area contributed by atoms with Gasteiger partial charge in [-0.15, -0.1) is 0 Å². The first-order chi connectivity index (χ1) is 14.2. The van der Waals surface area contributed by atoms with Gasteiger partial charge in [0.1, 0.15) is 11.6 Å². The Morgan fingerprint density at radius 2 is 1.90 bits per heavy atom. The van der Waals surface area contributed by atoms with Crippen molar-refractivity contribution in [2.24, 2.45) is 5.92 Å². The van der Waals surface area contributed by atoms with Crippen LogP contribution in [-0.4, -0.2) is 37.9 Å². The third-order valence-electron chi connectivity index (χ3n) is 6.00. The molecule has 2 atom stereocenters. The first-order valence-corrected chi connectivity index (χ1v) is 10.7. The Kier molecular flexibility index (Phi) is 6.55. The fourth-order valence-corrected chi connectivity index (χ4v) is 4.38. The van der Waals surface area contributed by atoms with Gasteiger partial charge in [0, 0.05) is 18.5 Å². The second kappa shape index (κ2) is 9.49.